The van der Waals surface area contributed by atoms with Gasteiger partial charge < -0.3 is 10.2 Å². The Hall–Kier alpha value is -1.96. The number of rotatable bonds is 4. The number of carboxylic acid groups (broad SMARTS) is 1. The van der Waals surface area contributed by atoms with Gasteiger partial charge in [-0.25, -0.2) is 9.48 Å². The minimum atomic E-state index is -1.43. The minimum absolute atomic E-state index is 0.0193. The van der Waals surface area contributed by atoms with E-state index in [-0.39, 0.29) is 18.8 Å². The van der Waals surface area contributed by atoms with E-state index >= 15 is 0 Å². The zero-order valence-corrected chi connectivity index (χ0v) is 7.88. The van der Waals surface area contributed by atoms with Crippen LogP contribution in [0, 0.1) is 17.0 Å². The predicted molar refractivity (Wildman–Crippen MR) is 47.7 cm³/mol. The van der Waals surface area contributed by atoms with E-state index in [4.69, 9.17) is 10.2 Å². The summed E-state index contributed by atoms with van der Waals surface area (Å²) in [7, 11) is 0. The molecule has 2 N–H and O–H groups in total. The SMILES string of the molecule is Cc1nn(CCO)c(C(=O)O)c1[N+](=O)[O-]. The normalized spacial score (nSPS) is 10.3. The molecular weight excluding hydrogens is 206 g/mol. The first-order valence-electron chi connectivity index (χ1n) is 4.05. The zero-order valence-electron chi connectivity index (χ0n) is 7.88. The molecule has 0 fully saturated rings. The van der Waals surface area contributed by atoms with Crippen LogP contribution in [0.1, 0.15) is 16.2 Å². The molecule has 0 amide bonds. The van der Waals surface area contributed by atoms with Crippen LogP contribution in [0.3, 0.4) is 0 Å². The third-order valence-electron chi connectivity index (χ3n) is 1.79. The van der Waals surface area contributed by atoms with Crippen molar-refractivity contribution < 1.29 is 19.9 Å². The Bertz CT molecular complexity index is 411. The molecule has 0 atom stereocenters. The second-order valence-electron chi connectivity index (χ2n) is 2.79. The van der Waals surface area contributed by atoms with Crippen LogP contribution in [0.15, 0.2) is 0 Å². The molecule has 0 aliphatic carbocycles. The summed E-state index contributed by atoms with van der Waals surface area (Å²) in [5.41, 5.74) is -1.02. The Balaban J connectivity index is 3.37. The van der Waals surface area contributed by atoms with Crippen LogP contribution >= 0.6 is 0 Å². The van der Waals surface area contributed by atoms with Gasteiger partial charge in [-0.3, -0.25) is 10.1 Å². The molecule has 0 radical (unpaired) electrons. The fourth-order valence-electron chi connectivity index (χ4n) is 1.26. The molecular formula is C7H9N3O5. The summed E-state index contributed by atoms with van der Waals surface area (Å²) in [5, 5.41) is 31.7. The quantitative estimate of drug-likeness (QED) is 0.529. The third-order valence-corrected chi connectivity index (χ3v) is 1.79. The van der Waals surface area contributed by atoms with Gasteiger partial charge in [-0.2, -0.15) is 5.10 Å². The lowest BCUT2D eigenvalue weighted by molar-refractivity contribution is -0.385. The van der Waals surface area contributed by atoms with Crippen LogP contribution in [0.2, 0.25) is 0 Å². The van der Waals surface area contributed by atoms with Crippen molar-refractivity contribution in [3.63, 3.8) is 0 Å². The average molecular weight is 215 g/mol. The predicted octanol–water partition coefficient (Wildman–Crippen LogP) is -0.210. The van der Waals surface area contributed by atoms with Crippen molar-refractivity contribution in [1.82, 2.24) is 9.78 Å². The lowest BCUT2D eigenvalue weighted by Gasteiger charge is -1.99. The summed E-state index contributed by atoms with van der Waals surface area (Å²) in [6.45, 7) is 0.924. The van der Waals surface area contributed by atoms with Crippen LogP contribution < -0.4 is 0 Å². The molecule has 8 nitrogen and oxygen atoms in total. The molecule has 0 aliphatic rings. The smallest absolute Gasteiger partial charge is 0.361 e. The molecule has 1 heterocycles. The van der Waals surface area contributed by atoms with Gasteiger partial charge in [0.05, 0.1) is 18.1 Å². The summed E-state index contributed by atoms with van der Waals surface area (Å²) < 4.78 is 0.912. The van der Waals surface area contributed by atoms with E-state index in [0.717, 1.165) is 4.68 Å². The van der Waals surface area contributed by atoms with Crippen molar-refractivity contribution in [1.29, 1.82) is 0 Å². The molecule has 0 aliphatic heterocycles. The highest BCUT2D eigenvalue weighted by atomic mass is 16.6. The van der Waals surface area contributed by atoms with Gasteiger partial charge in [0.1, 0.15) is 5.69 Å². The Labute approximate surface area is 83.9 Å². The van der Waals surface area contributed by atoms with Crippen LogP contribution in [0.25, 0.3) is 0 Å². The monoisotopic (exact) mass is 215 g/mol. The number of aliphatic hydroxyl groups excluding tert-OH is 1. The maximum atomic E-state index is 10.8. The van der Waals surface area contributed by atoms with Crippen LogP contribution in [-0.2, 0) is 6.54 Å². The van der Waals surface area contributed by atoms with E-state index in [1.165, 1.54) is 6.92 Å². The first kappa shape index (κ1) is 11.1. The Morgan fingerprint density at radius 2 is 2.27 bits per heavy atom. The van der Waals surface area contributed by atoms with Crippen molar-refractivity contribution in [2.45, 2.75) is 13.5 Å². The number of hydrogen-bond donors (Lipinski definition) is 2. The highest BCUT2D eigenvalue weighted by Crippen LogP contribution is 2.22. The molecule has 0 unspecified atom stereocenters. The summed E-state index contributed by atoms with van der Waals surface area (Å²) in [6.07, 6.45) is 0. The van der Waals surface area contributed by atoms with Crippen LogP contribution in [0.5, 0.6) is 0 Å². The maximum Gasteiger partial charge on any atom is 0.361 e. The Kier molecular flexibility index (Phi) is 3.00. The molecule has 1 rings (SSSR count). The van der Waals surface area contributed by atoms with E-state index < -0.39 is 22.3 Å². The number of aromatic carboxylic acids is 1. The first-order valence-corrected chi connectivity index (χ1v) is 4.05. The lowest BCUT2D eigenvalue weighted by Crippen LogP contribution is -2.13. The zero-order chi connectivity index (χ0) is 11.6. The second-order valence-corrected chi connectivity index (χ2v) is 2.79. The molecule has 1 aromatic heterocycles. The fourth-order valence-corrected chi connectivity index (χ4v) is 1.26. The highest BCUT2D eigenvalue weighted by molar-refractivity contribution is 5.90. The molecule has 0 spiro atoms. The van der Waals surface area contributed by atoms with Gasteiger partial charge in [0.15, 0.2) is 0 Å². The number of aliphatic hydroxyl groups is 1. The fraction of sp³-hybridized carbons (Fsp3) is 0.429. The number of aromatic nitrogens is 2. The molecule has 8 heteroatoms. The minimum Gasteiger partial charge on any atom is -0.476 e. The van der Waals surface area contributed by atoms with Crippen molar-refractivity contribution in [3.05, 3.63) is 21.5 Å². The Morgan fingerprint density at radius 3 is 2.67 bits per heavy atom. The van der Waals surface area contributed by atoms with E-state index in [9.17, 15) is 14.9 Å². The molecule has 15 heavy (non-hydrogen) atoms. The molecule has 0 bridgehead atoms. The number of carbonyl (C=O) groups is 1. The van der Waals surface area contributed by atoms with Crippen molar-refractivity contribution in [3.8, 4) is 0 Å². The van der Waals surface area contributed by atoms with Gasteiger partial charge in [-0.15, -0.1) is 0 Å². The molecule has 82 valence electrons. The lowest BCUT2D eigenvalue weighted by atomic mass is 10.3. The van der Waals surface area contributed by atoms with Gasteiger partial charge in [0.25, 0.3) is 0 Å². The van der Waals surface area contributed by atoms with Gasteiger partial charge in [-0.1, -0.05) is 0 Å². The largest absolute Gasteiger partial charge is 0.476 e. The maximum absolute atomic E-state index is 10.8. The summed E-state index contributed by atoms with van der Waals surface area (Å²) >= 11 is 0. The van der Waals surface area contributed by atoms with E-state index in [1.807, 2.05) is 0 Å². The summed E-state index contributed by atoms with van der Waals surface area (Å²) in [5.74, 6) is -1.43. The van der Waals surface area contributed by atoms with Gasteiger partial charge in [0, 0.05) is 0 Å². The third kappa shape index (κ3) is 1.94. The van der Waals surface area contributed by atoms with E-state index in [1.54, 1.807) is 0 Å². The topological polar surface area (TPSA) is 118 Å². The number of aryl methyl sites for hydroxylation is 1. The van der Waals surface area contributed by atoms with Crippen molar-refractivity contribution in [2.75, 3.05) is 6.61 Å². The first-order chi connectivity index (χ1) is 6.99. The molecule has 0 saturated carbocycles. The van der Waals surface area contributed by atoms with Crippen molar-refractivity contribution in [2.24, 2.45) is 0 Å². The van der Waals surface area contributed by atoms with Crippen molar-refractivity contribution >= 4 is 11.7 Å². The molecule has 0 saturated heterocycles. The van der Waals surface area contributed by atoms with Crippen LogP contribution in [0.4, 0.5) is 5.69 Å². The number of carboxylic acids is 1. The summed E-state index contributed by atoms with van der Waals surface area (Å²) in [4.78, 5) is 20.6. The van der Waals surface area contributed by atoms with Gasteiger partial charge in [-0.05, 0) is 6.92 Å². The van der Waals surface area contributed by atoms with E-state index in [2.05, 4.69) is 5.10 Å². The summed E-state index contributed by atoms with van der Waals surface area (Å²) in [6, 6.07) is 0. The number of hydrogen-bond acceptors (Lipinski definition) is 5. The van der Waals surface area contributed by atoms with E-state index in [0.29, 0.717) is 0 Å². The number of nitro groups is 1. The van der Waals surface area contributed by atoms with Gasteiger partial charge >= 0.3 is 11.7 Å². The molecule has 1 aromatic rings. The van der Waals surface area contributed by atoms with Gasteiger partial charge in [0.2, 0.25) is 5.69 Å². The highest BCUT2D eigenvalue weighted by Gasteiger charge is 2.29. The average Bonchev–Trinajstić information content (AvgIpc) is 2.42. The Morgan fingerprint density at radius 1 is 1.67 bits per heavy atom. The standard InChI is InChI=1S/C7H9N3O5/c1-4-5(10(14)15)6(7(12)13)9(8-4)2-3-11/h11H,2-3H2,1H3,(H,12,13). The second kappa shape index (κ2) is 4.05. The molecule has 0 aromatic carbocycles. The van der Waals surface area contributed by atoms with Crippen LogP contribution in [-0.4, -0.2) is 37.5 Å². The number of nitrogens with zero attached hydrogens (tertiary/aromatic N) is 3.